The molecule has 0 fully saturated rings. The summed E-state index contributed by atoms with van der Waals surface area (Å²) in [5.74, 6) is 2.38. The van der Waals surface area contributed by atoms with Crippen molar-refractivity contribution in [2.45, 2.75) is 6.61 Å². The minimum atomic E-state index is 0.484. The molecule has 3 rings (SSSR count). The molecule has 3 heteroatoms. The molecule has 1 aromatic heterocycles. The average molecular weight is 277 g/mol. The molecule has 0 unspecified atom stereocenters. The number of rotatable bonds is 5. The number of para-hydroxylation sites is 1. The molecular weight excluding hydrogens is 262 g/mol. The second-order valence-corrected chi connectivity index (χ2v) is 4.54. The fourth-order valence-electron chi connectivity index (χ4n) is 1.92. The molecule has 2 aromatic carbocycles. The van der Waals surface area contributed by atoms with Crippen LogP contribution in [0, 0.1) is 0 Å². The van der Waals surface area contributed by atoms with Crippen LogP contribution in [0.3, 0.4) is 0 Å². The number of pyridine rings is 1. The van der Waals surface area contributed by atoms with Gasteiger partial charge in [-0.3, -0.25) is 4.98 Å². The molecule has 0 amide bonds. The summed E-state index contributed by atoms with van der Waals surface area (Å²) in [6.45, 7) is 0.484. The first kappa shape index (κ1) is 13.2. The van der Waals surface area contributed by atoms with Crippen molar-refractivity contribution in [3.8, 4) is 17.2 Å². The van der Waals surface area contributed by atoms with Crippen LogP contribution in [0.15, 0.2) is 79.1 Å². The first-order chi connectivity index (χ1) is 10.4. The highest BCUT2D eigenvalue weighted by atomic mass is 16.5. The van der Waals surface area contributed by atoms with Gasteiger partial charge in [-0.2, -0.15) is 0 Å². The Labute approximate surface area is 123 Å². The summed E-state index contributed by atoms with van der Waals surface area (Å²) in [4.78, 5) is 4.02. The molecule has 0 saturated carbocycles. The Balaban J connectivity index is 1.66. The van der Waals surface area contributed by atoms with Gasteiger partial charge in [0.2, 0.25) is 0 Å². The van der Waals surface area contributed by atoms with Crippen molar-refractivity contribution >= 4 is 0 Å². The van der Waals surface area contributed by atoms with Gasteiger partial charge in [0, 0.05) is 6.20 Å². The predicted octanol–water partition coefficient (Wildman–Crippen LogP) is 4.45. The summed E-state index contributed by atoms with van der Waals surface area (Å²) in [6.07, 6.45) is 3.42. The van der Waals surface area contributed by atoms with Crippen molar-refractivity contribution < 1.29 is 9.47 Å². The van der Waals surface area contributed by atoms with Gasteiger partial charge >= 0.3 is 0 Å². The largest absolute Gasteiger partial charge is 0.487 e. The molecule has 1 heterocycles. The summed E-state index contributed by atoms with van der Waals surface area (Å²) < 4.78 is 11.5. The number of benzene rings is 2. The van der Waals surface area contributed by atoms with Gasteiger partial charge in [-0.25, -0.2) is 0 Å². The van der Waals surface area contributed by atoms with E-state index in [4.69, 9.17) is 9.47 Å². The second kappa shape index (κ2) is 6.57. The number of aromatic nitrogens is 1. The minimum absolute atomic E-state index is 0.484. The third-order valence-corrected chi connectivity index (χ3v) is 2.92. The van der Waals surface area contributed by atoms with Crippen molar-refractivity contribution in [3.63, 3.8) is 0 Å². The Hall–Kier alpha value is -2.81. The zero-order chi connectivity index (χ0) is 14.3. The molecular formula is C18H15NO2. The van der Waals surface area contributed by atoms with E-state index in [1.807, 2.05) is 66.7 Å². The smallest absolute Gasteiger partial charge is 0.138 e. The van der Waals surface area contributed by atoms with Gasteiger partial charge in [-0.05, 0) is 42.0 Å². The average Bonchev–Trinajstić information content (AvgIpc) is 2.55. The molecule has 0 radical (unpaired) electrons. The molecule has 3 aromatic rings. The van der Waals surface area contributed by atoms with Crippen molar-refractivity contribution in [1.82, 2.24) is 4.98 Å². The topological polar surface area (TPSA) is 31.4 Å². The molecule has 0 aliphatic heterocycles. The molecule has 0 saturated heterocycles. The normalized spacial score (nSPS) is 10.1. The lowest BCUT2D eigenvalue weighted by Crippen LogP contribution is -1.96. The maximum Gasteiger partial charge on any atom is 0.138 e. The predicted molar refractivity (Wildman–Crippen MR) is 81.5 cm³/mol. The fourth-order valence-corrected chi connectivity index (χ4v) is 1.92. The van der Waals surface area contributed by atoms with E-state index in [0.717, 1.165) is 22.8 Å². The van der Waals surface area contributed by atoms with E-state index >= 15 is 0 Å². The van der Waals surface area contributed by atoms with E-state index in [1.165, 1.54) is 0 Å². The third kappa shape index (κ3) is 3.83. The van der Waals surface area contributed by atoms with Crippen LogP contribution < -0.4 is 9.47 Å². The lowest BCUT2D eigenvalue weighted by atomic mass is 10.2. The molecule has 0 bridgehead atoms. The second-order valence-electron chi connectivity index (χ2n) is 4.54. The fraction of sp³-hybridized carbons (Fsp3) is 0.0556. The molecule has 104 valence electrons. The number of ether oxygens (including phenoxy) is 2. The van der Waals surface area contributed by atoms with Gasteiger partial charge in [0.1, 0.15) is 23.9 Å². The zero-order valence-corrected chi connectivity index (χ0v) is 11.5. The van der Waals surface area contributed by atoms with Crippen LogP contribution in [-0.4, -0.2) is 4.98 Å². The number of hydrogen-bond acceptors (Lipinski definition) is 3. The molecule has 3 nitrogen and oxygen atoms in total. The molecule has 0 aliphatic rings. The molecule has 21 heavy (non-hydrogen) atoms. The molecule has 0 N–H and O–H groups in total. The van der Waals surface area contributed by atoms with Crippen LogP contribution in [0.4, 0.5) is 0 Å². The highest BCUT2D eigenvalue weighted by molar-refractivity contribution is 5.33. The monoisotopic (exact) mass is 277 g/mol. The van der Waals surface area contributed by atoms with Gasteiger partial charge in [-0.15, -0.1) is 0 Å². The molecule has 0 atom stereocenters. The Morgan fingerprint density at radius 2 is 1.57 bits per heavy atom. The van der Waals surface area contributed by atoms with Crippen LogP contribution in [-0.2, 0) is 6.61 Å². The lowest BCUT2D eigenvalue weighted by Gasteiger charge is -2.09. The van der Waals surface area contributed by atoms with Crippen LogP contribution in [0.2, 0.25) is 0 Å². The highest BCUT2D eigenvalue weighted by Crippen LogP contribution is 2.22. The van der Waals surface area contributed by atoms with Crippen LogP contribution in [0.1, 0.15) is 5.56 Å². The van der Waals surface area contributed by atoms with E-state index in [0.29, 0.717) is 6.61 Å². The van der Waals surface area contributed by atoms with Gasteiger partial charge in [-0.1, -0.05) is 30.3 Å². The van der Waals surface area contributed by atoms with Gasteiger partial charge in [0.25, 0.3) is 0 Å². The van der Waals surface area contributed by atoms with E-state index < -0.39 is 0 Å². The van der Waals surface area contributed by atoms with Crippen molar-refractivity contribution in [2.24, 2.45) is 0 Å². The number of hydrogen-bond donors (Lipinski definition) is 0. The lowest BCUT2D eigenvalue weighted by molar-refractivity contribution is 0.304. The third-order valence-electron chi connectivity index (χ3n) is 2.92. The van der Waals surface area contributed by atoms with Crippen molar-refractivity contribution in [2.75, 3.05) is 0 Å². The maximum atomic E-state index is 5.80. The quantitative estimate of drug-likeness (QED) is 0.690. The summed E-state index contributed by atoms with van der Waals surface area (Å²) >= 11 is 0. The number of nitrogens with zero attached hydrogens (tertiary/aromatic N) is 1. The molecule has 0 aliphatic carbocycles. The summed E-state index contributed by atoms with van der Waals surface area (Å²) in [6, 6.07) is 21.3. The minimum Gasteiger partial charge on any atom is -0.487 e. The molecule has 0 spiro atoms. The van der Waals surface area contributed by atoms with Crippen molar-refractivity contribution in [1.29, 1.82) is 0 Å². The highest BCUT2D eigenvalue weighted by Gasteiger charge is 2.00. The Kier molecular flexibility index (Phi) is 4.12. The standard InChI is InChI=1S/C18H15NO2/c1-2-7-16(8-3-1)21-17-9-4-6-15(12-17)14-20-18-10-5-11-19-13-18/h1-13H,14H2. The van der Waals surface area contributed by atoms with Gasteiger partial charge < -0.3 is 9.47 Å². The van der Waals surface area contributed by atoms with E-state index in [9.17, 15) is 0 Å². The van der Waals surface area contributed by atoms with E-state index in [2.05, 4.69) is 4.98 Å². The maximum absolute atomic E-state index is 5.80. The Bertz CT molecular complexity index is 684. The van der Waals surface area contributed by atoms with Gasteiger partial charge in [0.05, 0.1) is 6.20 Å². The Morgan fingerprint density at radius 3 is 2.38 bits per heavy atom. The van der Waals surface area contributed by atoms with Crippen molar-refractivity contribution in [3.05, 3.63) is 84.7 Å². The first-order valence-electron chi connectivity index (χ1n) is 6.75. The van der Waals surface area contributed by atoms with Crippen LogP contribution in [0.25, 0.3) is 0 Å². The SMILES string of the molecule is c1ccc(Oc2cccc(COc3cccnc3)c2)cc1. The zero-order valence-electron chi connectivity index (χ0n) is 11.5. The summed E-state index contributed by atoms with van der Waals surface area (Å²) in [5.41, 5.74) is 1.05. The van der Waals surface area contributed by atoms with E-state index in [1.54, 1.807) is 12.4 Å². The first-order valence-corrected chi connectivity index (χ1v) is 6.75. The summed E-state index contributed by atoms with van der Waals surface area (Å²) in [5, 5.41) is 0. The van der Waals surface area contributed by atoms with Gasteiger partial charge in [0.15, 0.2) is 0 Å². The van der Waals surface area contributed by atoms with Crippen LogP contribution in [0.5, 0.6) is 17.2 Å². The van der Waals surface area contributed by atoms with E-state index in [-0.39, 0.29) is 0 Å². The van der Waals surface area contributed by atoms with Crippen LogP contribution >= 0.6 is 0 Å². The Morgan fingerprint density at radius 1 is 0.762 bits per heavy atom. The summed E-state index contributed by atoms with van der Waals surface area (Å²) in [7, 11) is 0.